The Kier molecular flexibility index (Phi) is 8.50. The van der Waals surface area contributed by atoms with Gasteiger partial charge in [0.05, 0.1) is 19.3 Å². The van der Waals surface area contributed by atoms with Crippen molar-refractivity contribution in [1.82, 2.24) is 5.32 Å². The highest BCUT2D eigenvalue weighted by atomic mass is 35.5. The van der Waals surface area contributed by atoms with Gasteiger partial charge in [0.2, 0.25) is 0 Å². The number of rotatable bonds is 8. The van der Waals surface area contributed by atoms with Crippen LogP contribution in [0.3, 0.4) is 0 Å². The van der Waals surface area contributed by atoms with Gasteiger partial charge in [-0.05, 0) is 44.4 Å². The van der Waals surface area contributed by atoms with Crippen molar-refractivity contribution in [1.29, 1.82) is 0 Å². The van der Waals surface area contributed by atoms with Crippen molar-refractivity contribution in [3.63, 3.8) is 0 Å². The maximum absolute atomic E-state index is 5.63. The zero-order chi connectivity index (χ0) is 14.2. The van der Waals surface area contributed by atoms with Crippen LogP contribution in [0.1, 0.15) is 32.3 Å². The first-order valence-corrected chi connectivity index (χ1v) is 7.54. The van der Waals surface area contributed by atoms with Gasteiger partial charge in [0.25, 0.3) is 0 Å². The topological polar surface area (TPSA) is 39.7 Å². The molecule has 0 bridgehead atoms. The number of halogens is 1. The molecule has 1 aromatic rings. The number of ether oxygens (including phenoxy) is 3. The summed E-state index contributed by atoms with van der Waals surface area (Å²) in [5, 5.41) is 3.44. The van der Waals surface area contributed by atoms with Gasteiger partial charge < -0.3 is 19.5 Å². The van der Waals surface area contributed by atoms with Gasteiger partial charge >= 0.3 is 0 Å². The zero-order valence-electron chi connectivity index (χ0n) is 12.9. The van der Waals surface area contributed by atoms with Crippen molar-refractivity contribution in [2.24, 2.45) is 0 Å². The van der Waals surface area contributed by atoms with Crippen LogP contribution < -0.4 is 14.8 Å². The van der Waals surface area contributed by atoms with E-state index >= 15 is 0 Å². The summed E-state index contributed by atoms with van der Waals surface area (Å²) in [6.07, 6.45) is 2.73. The van der Waals surface area contributed by atoms with Gasteiger partial charge in [0.15, 0.2) is 11.5 Å². The van der Waals surface area contributed by atoms with Crippen LogP contribution >= 0.6 is 12.4 Å². The Balaban J connectivity index is 0.00000220. The van der Waals surface area contributed by atoms with Crippen molar-refractivity contribution < 1.29 is 14.2 Å². The Morgan fingerprint density at radius 3 is 2.62 bits per heavy atom. The van der Waals surface area contributed by atoms with E-state index in [0.29, 0.717) is 19.3 Å². The molecule has 1 aliphatic rings. The van der Waals surface area contributed by atoms with E-state index in [1.807, 2.05) is 19.9 Å². The summed E-state index contributed by atoms with van der Waals surface area (Å²) >= 11 is 0. The smallest absolute Gasteiger partial charge is 0.161 e. The highest BCUT2D eigenvalue weighted by Crippen LogP contribution is 2.28. The lowest BCUT2D eigenvalue weighted by Gasteiger charge is -2.14. The maximum Gasteiger partial charge on any atom is 0.161 e. The van der Waals surface area contributed by atoms with Gasteiger partial charge in [-0.25, -0.2) is 0 Å². The molecule has 0 saturated carbocycles. The van der Waals surface area contributed by atoms with Crippen molar-refractivity contribution in [2.45, 2.75) is 39.3 Å². The molecule has 120 valence electrons. The van der Waals surface area contributed by atoms with Gasteiger partial charge in [-0.1, -0.05) is 6.07 Å². The summed E-state index contributed by atoms with van der Waals surface area (Å²) in [5.41, 5.74) is 1.20. The summed E-state index contributed by atoms with van der Waals surface area (Å²) < 4.78 is 16.8. The summed E-state index contributed by atoms with van der Waals surface area (Å²) in [4.78, 5) is 0. The lowest BCUT2D eigenvalue weighted by Crippen LogP contribution is -2.25. The highest BCUT2D eigenvalue weighted by Gasteiger charge is 2.14. The van der Waals surface area contributed by atoms with E-state index in [0.717, 1.165) is 31.2 Å². The molecule has 0 amide bonds. The second kappa shape index (κ2) is 9.87. The second-order valence-corrected chi connectivity index (χ2v) is 4.91. The van der Waals surface area contributed by atoms with E-state index in [-0.39, 0.29) is 12.4 Å². The molecule has 0 spiro atoms. The number of nitrogens with one attached hydrogen (secondary N) is 1. The molecule has 1 fully saturated rings. The minimum absolute atomic E-state index is 0. The van der Waals surface area contributed by atoms with Crippen LogP contribution in [0.2, 0.25) is 0 Å². The Hall–Kier alpha value is -0.970. The molecule has 1 N–H and O–H groups in total. The SMILES string of the molecule is CCOc1ccc(CNCC2CCCO2)cc1OCC.Cl. The Bertz CT molecular complexity index is 409. The minimum Gasteiger partial charge on any atom is -0.490 e. The third-order valence-electron chi connectivity index (χ3n) is 3.33. The third kappa shape index (κ3) is 5.73. The lowest BCUT2D eigenvalue weighted by molar-refractivity contribution is 0.110. The number of hydrogen-bond acceptors (Lipinski definition) is 4. The quantitative estimate of drug-likeness (QED) is 0.800. The Morgan fingerprint density at radius 1 is 1.19 bits per heavy atom. The van der Waals surface area contributed by atoms with Crippen LogP contribution in [0.5, 0.6) is 11.5 Å². The highest BCUT2D eigenvalue weighted by molar-refractivity contribution is 5.85. The monoisotopic (exact) mass is 315 g/mol. The van der Waals surface area contributed by atoms with Gasteiger partial charge in [-0.3, -0.25) is 0 Å². The first-order valence-electron chi connectivity index (χ1n) is 7.54. The fraction of sp³-hybridized carbons (Fsp3) is 0.625. The summed E-state index contributed by atoms with van der Waals surface area (Å²) in [6.45, 7) is 7.90. The van der Waals surface area contributed by atoms with Gasteiger partial charge in [0.1, 0.15) is 0 Å². The summed E-state index contributed by atoms with van der Waals surface area (Å²) in [5.74, 6) is 1.64. The first-order chi connectivity index (χ1) is 9.83. The largest absolute Gasteiger partial charge is 0.490 e. The first kappa shape index (κ1) is 18.1. The predicted octanol–water partition coefficient (Wildman–Crippen LogP) is 3.17. The molecule has 0 aliphatic carbocycles. The van der Waals surface area contributed by atoms with Crippen LogP contribution in [0, 0.1) is 0 Å². The molecule has 1 aromatic carbocycles. The van der Waals surface area contributed by atoms with Gasteiger partial charge in [-0.2, -0.15) is 0 Å². The van der Waals surface area contributed by atoms with Crippen molar-refractivity contribution in [2.75, 3.05) is 26.4 Å². The molecule has 4 nitrogen and oxygen atoms in total. The molecule has 1 unspecified atom stereocenters. The van der Waals surface area contributed by atoms with E-state index in [1.165, 1.54) is 18.4 Å². The Morgan fingerprint density at radius 2 is 1.95 bits per heavy atom. The van der Waals surface area contributed by atoms with E-state index < -0.39 is 0 Å². The van der Waals surface area contributed by atoms with E-state index in [1.54, 1.807) is 0 Å². The molecule has 1 atom stereocenters. The molecule has 1 aliphatic heterocycles. The van der Waals surface area contributed by atoms with Crippen LogP contribution in [0.15, 0.2) is 18.2 Å². The Labute approximate surface area is 133 Å². The van der Waals surface area contributed by atoms with Crippen molar-refractivity contribution in [3.05, 3.63) is 23.8 Å². The number of benzene rings is 1. The fourth-order valence-corrected chi connectivity index (χ4v) is 2.39. The van der Waals surface area contributed by atoms with Crippen molar-refractivity contribution >= 4 is 12.4 Å². The van der Waals surface area contributed by atoms with E-state index in [9.17, 15) is 0 Å². The molecule has 5 heteroatoms. The molecule has 1 saturated heterocycles. The standard InChI is InChI=1S/C16H25NO3.ClH/c1-3-18-15-8-7-13(10-16(15)19-4-2)11-17-12-14-6-5-9-20-14;/h7-8,10,14,17H,3-6,9,11-12H2,1-2H3;1H. The maximum atomic E-state index is 5.63. The molecular formula is C16H26ClNO3. The normalized spacial score (nSPS) is 17.3. The molecule has 0 radical (unpaired) electrons. The minimum atomic E-state index is 0. The van der Waals surface area contributed by atoms with Crippen LogP contribution in [0.25, 0.3) is 0 Å². The lowest BCUT2D eigenvalue weighted by atomic mass is 10.2. The predicted molar refractivity (Wildman–Crippen MR) is 86.7 cm³/mol. The van der Waals surface area contributed by atoms with Crippen LogP contribution in [0.4, 0.5) is 0 Å². The average molecular weight is 316 g/mol. The van der Waals surface area contributed by atoms with E-state index in [2.05, 4.69) is 17.4 Å². The molecule has 2 rings (SSSR count). The molecule has 21 heavy (non-hydrogen) atoms. The molecular weight excluding hydrogens is 290 g/mol. The van der Waals surface area contributed by atoms with Gasteiger partial charge in [0, 0.05) is 19.7 Å². The van der Waals surface area contributed by atoms with Crippen LogP contribution in [-0.2, 0) is 11.3 Å². The van der Waals surface area contributed by atoms with Gasteiger partial charge in [-0.15, -0.1) is 12.4 Å². The summed E-state index contributed by atoms with van der Waals surface area (Å²) in [6, 6.07) is 6.12. The summed E-state index contributed by atoms with van der Waals surface area (Å²) in [7, 11) is 0. The molecule has 0 aromatic heterocycles. The van der Waals surface area contributed by atoms with Crippen molar-refractivity contribution in [3.8, 4) is 11.5 Å². The second-order valence-electron chi connectivity index (χ2n) is 4.91. The van der Waals surface area contributed by atoms with Crippen LogP contribution in [-0.4, -0.2) is 32.5 Å². The zero-order valence-corrected chi connectivity index (χ0v) is 13.7. The number of hydrogen-bond donors (Lipinski definition) is 1. The van der Waals surface area contributed by atoms with E-state index in [4.69, 9.17) is 14.2 Å². The molecule has 1 heterocycles. The average Bonchev–Trinajstić information content (AvgIpc) is 2.95. The fourth-order valence-electron chi connectivity index (χ4n) is 2.39. The third-order valence-corrected chi connectivity index (χ3v) is 3.33.